The van der Waals surface area contributed by atoms with Gasteiger partial charge in [-0.25, -0.2) is 4.79 Å². The number of carbonyl (C=O) groups excluding carboxylic acids is 2. The van der Waals surface area contributed by atoms with Gasteiger partial charge in [-0.3, -0.25) is 14.9 Å². The van der Waals surface area contributed by atoms with E-state index in [0.29, 0.717) is 25.9 Å². The van der Waals surface area contributed by atoms with Gasteiger partial charge >= 0.3 is 12.0 Å². The average Bonchev–Trinajstić information content (AvgIpc) is 2.64. The van der Waals surface area contributed by atoms with E-state index in [2.05, 4.69) is 10.6 Å². The van der Waals surface area contributed by atoms with Crippen LogP contribution in [0.25, 0.3) is 0 Å². The summed E-state index contributed by atoms with van der Waals surface area (Å²) in [5, 5.41) is 13.5. The number of carbonyl (C=O) groups is 3. The molecule has 0 aromatic carbocycles. The van der Waals surface area contributed by atoms with Crippen LogP contribution in [0.4, 0.5) is 4.79 Å². The van der Waals surface area contributed by atoms with Crippen LogP contribution in [0.15, 0.2) is 0 Å². The van der Waals surface area contributed by atoms with E-state index in [1.165, 1.54) is 0 Å². The van der Waals surface area contributed by atoms with Gasteiger partial charge in [-0.2, -0.15) is 0 Å². The van der Waals surface area contributed by atoms with E-state index in [-0.39, 0.29) is 18.9 Å². The maximum absolute atomic E-state index is 11.7. The number of rotatable bonds is 6. The Hall–Kier alpha value is -1.63. The van der Waals surface area contributed by atoms with Crippen molar-refractivity contribution in [3.63, 3.8) is 0 Å². The van der Waals surface area contributed by atoms with Crippen LogP contribution in [0, 0.1) is 0 Å². The van der Waals surface area contributed by atoms with Gasteiger partial charge in [-0.1, -0.05) is 0 Å². The van der Waals surface area contributed by atoms with Crippen molar-refractivity contribution in [1.29, 1.82) is 0 Å². The summed E-state index contributed by atoms with van der Waals surface area (Å²) < 4.78 is 5.39. The molecule has 0 aromatic rings. The molecule has 1 aliphatic rings. The van der Waals surface area contributed by atoms with Gasteiger partial charge in [0.2, 0.25) is 5.91 Å². The van der Waals surface area contributed by atoms with Crippen molar-refractivity contribution in [1.82, 2.24) is 10.6 Å². The molecule has 1 rings (SSSR count). The third kappa shape index (κ3) is 5.16. The highest BCUT2D eigenvalue weighted by molar-refractivity contribution is 5.94. The van der Waals surface area contributed by atoms with Crippen molar-refractivity contribution in [2.24, 2.45) is 0 Å². The first kappa shape index (κ1) is 16.4. The highest BCUT2D eigenvalue weighted by Crippen LogP contribution is 2.24. The molecule has 0 saturated carbocycles. The lowest BCUT2D eigenvalue weighted by atomic mass is 9.95. The summed E-state index contributed by atoms with van der Waals surface area (Å²) in [5.74, 6) is -1.28. The minimum atomic E-state index is -0.883. The molecule has 2 atom stereocenters. The molecule has 3 N–H and O–H groups in total. The summed E-state index contributed by atoms with van der Waals surface area (Å²) in [5.41, 5.74) is -0.465. The monoisotopic (exact) mass is 286 g/mol. The maximum atomic E-state index is 11.7. The van der Waals surface area contributed by atoms with Crippen molar-refractivity contribution in [3.05, 3.63) is 0 Å². The normalized spacial score (nSPS) is 25.2. The second-order valence-electron chi connectivity index (χ2n) is 5.28. The molecule has 1 heterocycles. The topological polar surface area (TPSA) is 105 Å². The molecule has 0 radical (unpaired) electrons. The van der Waals surface area contributed by atoms with Crippen molar-refractivity contribution in [2.45, 2.75) is 57.6 Å². The molecular weight excluding hydrogens is 264 g/mol. The first-order valence-corrected chi connectivity index (χ1v) is 6.79. The Labute approximate surface area is 118 Å². The molecule has 0 bridgehead atoms. The summed E-state index contributed by atoms with van der Waals surface area (Å²) in [4.78, 5) is 33.5. The van der Waals surface area contributed by atoms with E-state index in [1.807, 2.05) is 13.8 Å². The molecule has 0 spiro atoms. The summed E-state index contributed by atoms with van der Waals surface area (Å²) in [6.07, 6.45) is 1.65. The van der Waals surface area contributed by atoms with Crippen LogP contribution >= 0.6 is 0 Å². The maximum Gasteiger partial charge on any atom is 0.321 e. The van der Waals surface area contributed by atoms with Crippen molar-refractivity contribution in [3.8, 4) is 0 Å². The number of imide groups is 1. The molecule has 1 saturated heterocycles. The molecule has 0 aromatic heterocycles. The first-order valence-electron chi connectivity index (χ1n) is 6.79. The SMILES string of the molecule is CC1OCCC1(C)NC(=O)NC(=O)CCCCC(=O)O. The number of carboxylic acids is 1. The first-order chi connectivity index (χ1) is 9.33. The van der Waals surface area contributed by atoms with E-state index in [1.54, 1.807) is 0 Å². The molecule has 3 amide bonds. The predicted molar refractivity (Wildman–Crippen MR) is 71.2 cm³/mol. The fourth-order valence-corrected chi connectivity index (χ4v) is 2.04. The second-order valence-corrected chi connectivity index (χ2v) is 5.28. The number of amides is 3. The quantitative estimate of drug-likeness (QED) is 0.632. The number of hydrogen-bond donors (Lipinski definition) is 3. The summed E-state index contributed by atoms with van der Waals surface area (Å²) >= 11 is 0. The molecular formula is C13H22N2O5. The van der Waals surface area contributed by atoms with Crippen LogP contribution in [0.5, 0.6) is 0 Å². The average molecular weight is 286 g/mol. The van der Waals surface area contributed by atoms with Gasteiger partial charge in [0.1, 0.15) is 0 Å². The van der Waals surface area contributed by atoms with Gasteiger partial charge in [0.25, 0.3) is 0 Å². The highest BCUT2D eigenvalue weighted by Gasteiger charge is 2.38. The summed E-state index contributed by atoms with van der Waals surface area (Å²) in [6.45, 7) is 4.34. The van der Waals surface area contributed by atoms with E-state index >= 15 is 0 Å². The Kier molecular flexibility index (Phi) is 5.94. The minimum absolute atomic E-state index is 0.0341. The minimum Gasteiger partial charge on any atom is -0.481 e. The van der Waals surface area contributed by atoms with E-state index in [9.17, 15) is 14.4 Å². The number of ether oxygens (including phenoxy) is 1. The zero-order valence-corrected chi connectivity index (χ0v) is 11.9. The number of aliphatic carboxylic acids is 1. The highest BCUT2D eigenvalue weighted by atomic mass is 16.5. The Bertz CT molecular complexity index is 385. The standard InChI is InChI=1S/C13H22N2O5/c1-9-13(2,7-8-20-9)15-12(19)14-10(16)5-3-4-6-11(17)18/h9H,3-8H2,1-2H3,(H,17,18)(H2,14,15,16,19). The fourth-order valence-electron chi connectivity index (χ4n) is 2.04. The van der Waals surface area contributed by atoms with Crippen LogP contribution < -0.4 is 10.6 Å². The van der Waals surface area contributed by atoms with Gasteiger partial charge < -0.3 is 15.2 Å². The molecule has 7 heteroatoms. The Balaban J connectivity index is 2.24. The van der Waals surface area contributed by atoms with Gasteiger partial charge in [0, 0.05) is 19.4 Å². The molecule has 1 fully saturated rings. The van der Waals surface area contributed by atoms with Crippen molar-refractivity contribution < 1.29 is 24.2 Å². The van der Waals surface area contributed by atoms with Gasteiger partial charge in [0.15, 0.2) is 0 Å². The lowest BCUT2D eigenvalue weighted by Crippen LogP contribution is -2.54. The number of nitrogens with one attached hydrogen (secondary N) is 2. The lowest BCUT2D eigenvalue weighted by Gasteiger charge is -2.28. The van der Waals surface area contributed by atoms with E-state index < -0.39 is 23.4 Å². The number of carboxylic acid groups (broad SMARTS) is 1. The van der Waals surface area contributed by atoms with Gasteiger partial charge in [-0.15, -0.1) is 0 Å². The van der Waals surface area contributed by atoms with Gasteiger partial charge in [-0.05, 0) is 33.1 Å². The second kappa shape index (κ2) is 7.23. The third-order valence-electron chi connectivity index (χ3n) is 3.58. The Morgan fingerprint density at radius 2 is 1.95 bits per heavy atom. The number of unbranched alkanes of at least 4 members (excludes halogenated alkanes) is 1. The van der Waals surface area contributed by atoms with E-state index in [4.69, 9.17) is 9.84 Å². The molecule has 2 unspecified atom stereocenters. The Morgan fingerprint density at radius 3 is 2.50 bits per heavy atom. The molecule has 1 aliphatic heterocycles. The van der Waals surface area contributed by atoms with Crippen LogP contribution in [-0.2, 0) is 14.3 Å². The molecule has 0 aliphatic carbocycles. The van der Waals surface area contributed by atoms with Crippen molar-refractivity contribution >= 4 is 17.9 Å². The smallest absolute Gasteiger partial charge is 0.321 e. The zero-order chi connectivity index (χ0) is 15.2. The molecule has 114 valence electrons. The van der Waals surface area contributed by atoms with Crippen LogP contribution in [-0.4, -0.2) is 41.3 Å². The van der Waals surface area contributed by atoms with E-state index in [0.717, 1.165) is 0 Å². The fraction of sp³-hybridized carbons (Fsp3) is 0.769. The predicted octanol–water partition coefficient (Wildman–Crippen LogP) is 1.02. The van der Waals surface area contributed by atoms with Crippen LogP contribution in [0.2, 0.25) is 0 Å². The Morgan fingerprint density at radius 1 is 1.30 bits per heavy atom. The van der Waals surface area contributed by atoms with Crippen molar-refractivity contribution in [2.75, 3.05) is 6.61 Å². The summed E-state index contributed by atoms with van der Waals surface area (Å²) in [7, 11) is 0. The molecule has 7 nitrogen and oxygen atoms in total. The summed E-state index contributed by atoms with van der Waals surface area (Å²) in [6, 6.07) is -0.534. The van der Waals surface area contributed by atoms with Crippen LogP contribution in [0.3, 0.4) is 0 Å². The lowest BCUT2D eigenvalue weighted by molar-refractivity contribution is -0.137. The largest absolute Gasteiger partial charge is 0.481 e. The number of hydrogen-bond acceptors (Lipinski definition) is 4. The van der Waals surface area contributed by atoms with Gasteiger partial charge in [0.05, 0.1) is 11.6 Å². The zero-order valence-electron chi connectivity index (χ0n) is 11.9. The molecule has 20 heavy (non-hydrogen) atoms. The number of urea groups is 1. The third-order valence-corrected chi connectivity index (χ3v) is 3.58. The van der Waals surface area contributed by atoms with Crippen LogP contribution in [0.1, 0.15) is 46.0 Å².